The van der Waals surface area contributed by atoms with Gasteiger partial charge in [0.05, 0.1) is 19.1 Å². The van der Waals surface area contributed by atoms with Crippen molar-refractivity contribution in [1.29, 1.82) is 0 Å². The van der Waals surface area contributed by atoms with Crippen molar-refractivity contribution in [3.05, 3.63) is 63.7 Å². The molecule has 0 heterocycles. The van der Waals surface area contributed by atoms with Crippen LogP contribution < -0.4 is 9.47 Å². The van der Waals surface area contributed by atoms with Gasteiger partial charge in [-0.25, -0.2) is 0 Å². The maximum absolute atomic E-state index is 10.7. The summed E-state index contributed by atoms with van der Waals surface area (Å²) in [6.45, 7) is 1.76. The maximum Gasteiger partial charge on any atom is 0.269 e. The van der Waals surface area contributed by atoms with E-state index >= 15 is 0 Å². The Bertz CT molecular complexity index is 701. The van der Waals surface area contributed by atoms with Gasteiger partial charge in [0.2, 0.25) is 0 Å². The van der Waals surface area contributed by atoms with E-state index in [9.17, 15) is 10.1 Å². The van der Waals surface area contributed by atoms with Crippen molar-refractivity contribution in [2.75, 3.05) is 27.8 Å². The molecule has 0 aliphatic rings. The van der Waals surface area contributed by atoms with Crippen LogP contribution in [0.1, 0.15) is 17.5 Å². The molecule has 0 amide bonds. The number of methoxy groups -OCH3 is 2. The lowest BCUT2D eigenvalue weighted by atomic mass is 10.1. The second kappa shape index (κ2) is 9.03. The van der Waals surface area contributed by atoms with Gasteiger partial charge in [0, 0.05) is 18.7 Å². The molecule has 0 N–H and O–H groups in total. The molecule has 25 heavy (non-hydrogen) atoms. The lowest BCUT2D eigenvalue weighted by molar-refractivity contribution is -0.384. The van der Waals surface area contributed by atoms with Gasteiger partial charge in [0.15, 0.2) is 11.5 Å². The van der Waals surface area contributed by atoms with Crippen molar-refractivity contribution >= 4 is 5.69 Å². The molecule has 0 saturated heterocycles. The van der Waals surface area contributed by atoms with Gasteiger partial charge in [-0.05, 0) is 49.7 Å². The molecule has 0 aliphatic carbocycles. The molecule has 6 nitrogen and oxygen atoms in total. The number of hydrogen-bond acceptors (Lipinski definition) is 5. The summed E-state index contributed by atoms with van der Waals surface area (Å²) in [5.41, 5.74) is 2.41. The van der Waals surface area contributed by atoms with Crippen LogP contribution >= 0.6 is 0 Å². The molecule has 0 aliphatic heterocycles. The van der Waals surface area contributed by atoms with Crippen LogP contribution in [0, 0.1) is 10.1 Å². The highest BCUT2D eigenvalue weighted by Gasteiger charge is 2.07. The van der Waals surface area contributed by atoms with Crippen LogP contribution in [0.3, 0.4) is 0 Å². The third kappa shape index (κ3) is 5.46. The van der Waals surface area contributed by atoms with E-state index < -0.39 is 0 Å². The molecule has 0 bridgehead atoms. The van der Waals surface area contributed by atoms with Crippen molar-refractivity contribution in [3.8, 4) is 11.5 Å². The Morgan fingerprint density at radius 3 is 2.24 bits per heavy atom. The first-order valence-electron chi connectivity index (χ1n) is 8.16. The van der Waals surface area contributed by atoms with E-state index in [-0.39, 0.29) is 10.6 Å². The summed E-state index contributed by atoms with van der Waals surface area (Å²) in [5, 5.41) is 10.7. The standard InChI is InChI=1S/C19H24N2O4/c1-20(14-16-8-11-18(24-2)19(13-16)25-3)12-4-5-15-6-9-17(10-7-15)21(22)23/h6-11,13H,4-5,12,14H2,1-3H3. The second-order valence-electron chi connectivity index (χ2n) is 5.95. The largest absolute Gasteiger partial charge is 0.493 e. The van der Waals surface area contributed by atoms with Crippen LogP contribution in [0.5, 0.6) is 11.5 Å². The summed E-state index contributed by atoms with van der Waals surface area (Å²) < 4.78 is 10.6. The average Bonchev–Trinajstić information content (AvgIpc) is 2.62. The number of benzene rings is 2. The summed E-state index contributed by atoms with van der Waals surface area (Å²) in [6, 6.07) is 12.7. The topological polar surface area (TPSA) is 64.8 Å². The van der Waals surface area contributed by atoms with Crippen LogP contribution in [0.25, 0.3) is 0 Å². The molecule has 2 rings (SSSR count). The van der Waals surface area contributed by atoms with Crippen LogP contribution in [0.4, 0.5) is 5.69 Å². The summed E-state index contributed by atoms with van der Waals surface area (Å²) in [5.74, 6) is 1.46. The number of hydrogen-bond donors (Lipinski definition) is 0. The smallest absolute Gasteiger partial charge is 0.269 e. The number of non-ortho nitro benzene ring substituents is 1. The third-order valence-electron chi connectivity index (χ3n) is 4.05. The monoisotopic (exact) mass is 344 g/mol. The summed E-state index contributed by atoms with van der Waals surface area (Å²) in [6.07, 6.45) is 1.88. The molecular formula is C19H24N2O4. The number of rotatable bonds is 9. The van der Waals surface area contributed by atoms with Gasteiger partial charge in [0.25, 0.3) is 5.69 Å². The first kappa shape index (κ1) is 18.7. The summed E-state index contributed by atoms with van der Waals surface area (Å²) in [7, 11) is 5.34. The summed E-state index contributed by atoms with van der Waals surface area (Å²) >= 11 is 0. The molecule has 2 aromatic rings. The maximum atomic E-state index is 10.7. The molecule has 0 saturated carbocycles. The molecule has 0 unspecified atom stereocenters. The van der Waals surface area contributed by atoms with E-state index in [0.29, 0.717) is 0 Å². The SMILES string of the molecule is COc1ccc(CN(C)CCCc2ccc([N+](=O)[O-])cc2)cc1OC. The first-order valence-corrected chi connectivity index (χ1v) is 8.16. The van der Waals surface area contributed by atoms with Crippen LogP contribution in [-0.4, -0.2) is 37.6 Å². The predicted molar refractivity (Wildman–Crippen MR) is 97.3 cm³/mol. The second-order valence-corrected chi connectivity index (χ2v) is 5.95. The normalized spacial score (nSPS) is 10.7. The Balaban J connectivity index is 1.82. The van der Waals surface area contributed by atoms with Crippen LogP contribution in [0.15, 0.2) is 42.5 Å². The Morgan fingerprint density at radius 1 is 1.00 bits per heavy atom. The van der Waals surface area contributed by atoms with Gasteiger partial charge in [-0.1, -0.05) is 18.2 Å². The van der Waals surface area contributed by atoms with Crippen molar-refractivity contribution in [2.45, 2.75) is 19.4 Å². The average molecular weight is 344 g/mol. The lowest BCUT2D eigenvalue weighted by Crippen LogP contribution is -2.19. The van der Waals surface area contributed by atoms with Crippen molar-refractivity contribution in [2.24, 2.45) is 0 Å². The minimum absolute atomic E-state index is 0.134. The molecule has 6 heteroatoms. The number of ether oxygens (including phenoxy) is 2. The summed E-state index contributed by atoms with van der Waals surface area (Å²) in [4.78, 5) is 12.5. The molecule has 2 aromatic carbocycles. The van der Waals surface area contributed by atoms with Gasteiger partial charge < -0.3 is 14.4 Å². The fourth-order valence-electron chi connectivity index (χ4n) is 2.71. The van der Waals surface area contributed by atoms with Crippen LogP contribution in [-0.2, 0) is 13.0 Å². The van der Waals surface area contributed by atoms with Crippen molar-refractivity contribution < 1.29 is 14.4 Å². The zero-order chi connectivity index (χ0) is 18.2. The van der Waals surface area contributed by atoms with Gasteiger partial charge >= 0.3 is 0 Å². The van der Waals surface area contributed by atoms with Crippen LogP contribution in [0.2, 0.25) is 0 Å². The quantitative estimate of drug-likeness (QED) is 0.513. The number of nitro groups is 1. The first-order chi connectivity index (χ1) is 12.0. The zero-order valence-electron chi connectivity index (χ0n) is 14.9. The Morgan fingerprint density at radius 2 is 1.64 bits per heavy atom. The molecule has 0 radical (unpaired) electrons. The molecule has 0 fully saturated rings. The van der Waals surface area contributed by atoms with Gasteiger partial charge in [-0.3, -0.25) is 10.1 Å². The molecule has 134 valence electrons. The van der Waals surface area contributed by atoms with E-state index in [1.807, 2.05) is 30.3 Å². The fraction of sp³-hybridized carbons (Fsp3) is 0.368. The van der Waals surface area contributed by atoms with E-state index in [4.69, 9.17) is 9.47 Å². The highest BCUT2D eigenvalue weighted by atomic mass is 16.6. The minimum atomic E-state index is -0.374. The number of aryl methyl sites for hydroxylation is 1. The molecule has 0 atom stereocenters. The van der Waals surface area contributed by atoms with E-state index in [0.717, 1.165) is 48.6 Å². The zero-order valence-corrected chi connectivity index (χ0v) is 14.9. The van der Waals surface area contributed by atoms with Gasteiger partial charge in [-0.15, -0.1) is 0 Å². The van der Waals surface area contributed by atoms with Gasteiger partial charge in [-0.2, -0.15) is 0 Å². The van der Waals surface area contributed by atoms with Crippen molar-refractivity contribution in [1.82, 2.24) is 4.90 Å². The van der Waals surface area contributed by atoms with E-state index in [1.165, 1.54) is 0 Å². The predicted octanol–water partition coefficient (Wildman–Crippen LogP) is 3.68. The van der Waals surface area contributed by atoms with Crippen molar-refractivity contribution in [3.63, 3.8) is 0 Å². The molecule has 0 aromatic heterocycles. The highest BCUT2D eigenvalue weighted by molar-refractivity contribution is 5.42. The molecule has 0 spiro atoms. The van der Waals surface area contributed by atoms with E-state index in [2.05, 4.69) is 11.9 Å². The Hall–Kier alpha value is -2.60. The lowest BCUT2D eigenvalue weighted by Gasteiger charge is -2.17. The van der Waals surface area contributed by atoms with E-state index in [1.54, 1.807) is 26.4 Å². The Kier molecular flexibility index (Phi) is 6.77. The minimum Gasteiger partial charge on any atom is -0.493 e. The number of nitrogens with zero attached hydrogens (tertiary/aromatic N) is 2. The van der Waals surface area contributed by atoms with Gasteiger partial charge in [0.1, 0.15) is 0 Å². The fourth-order valence-corrected chi connectivity index (χ4v) is 2.71. The number of nitro benzene ring substituents is 1. The molecular weight excluding hydrogens is 320 g/mol. The highest BCUT2D eigenvalue weighted by Crippen LogP contribution is 2.27. The third-order valence-corrected chi connectivity index (χ3v) is 4.05. The Labute approximate surface area is 148 Å².